The van der Waals surface area contributed by atoms with Gasteiger partial charge in [0.1, 0.15) is 5.82 Å². The summed E-state index contributed by atoms with van der Waals surface area (Å²) in [6.07, 6.45) is 0. The Labute approximate surface area is 111 Å². The van der Waals surface area contributed by atoms with Crippen LogP contribution in [0.2, 0.25) is 0 Å². The van der Waals surface area contributed by atoms with E-state index in [0.717, 1.165) is 10.4 Å². The number of nitrogens with zero attached hydrogens (tertiary/aromatic N) is 1. The maximum Gasteiger partial charge on any atom is 0.243 e. The van der Waals surface area contributed by atoms with E-state index in [1.54, 1.807) is 0 Å². The Balaban J connectivity index is 2.23. The van der Waals surface area contributed by atoms with Crippen LogP contribution in [0.1, 0.15) is 13.8 Å². The van der Waals surface area contributed by atoms with E-state index in [1.165, 1.54) is 12.1 Å². The molecule has 19 heavy (non-hydrogen) atoms. The van der Waals surface area contributed by atoms with Crippen LogP contribution in [-0.4, -0.2) is 36.5 Å². The van der Waals surface area contributed by atoms with Gasteiger partial charge in [0.15, 0.2) is 0 Å². The van der Waals surface area contributed by atoms with Crippen molar-refractivity contribution < 1.29 is 17.9 Å². The predicted octanol–water partition coefficient (Wildman–Crippen LogP) is 0.799. The molecule has 3 N–H and O–H groups in total. The van der Waals surface area contributed by atoms with Crippen molar-refractivity contribution in [3.8, 4) is 0 Å². The Kier molecular flexibility index (Phi) is 3.32. The Bertz CT molecular complexity index is 595. The molecule has 7 heteroatoms. The first kappa shape index (κ1) is 14.2. The van der Waals surface area contributed by atoms with E-state index in [1.807, 2.05) is 13.8 Å². The molecule has 0 amide bonds. The van der Waals surface area contributed by atoms with Crippen molar-refractivity contribution in [1.29, 1.82) is 0 Å². The Hall–Kier alpha value is -1.18. The minimum absolute atomic E-state index is 0.0268. The highest BCUT2D eigenvalue weighted by molar-refractivity contribution is 7.89. The maximum absolute atomic E-state index is 13.3. The topological polar surface area (TPSA) is 83.6 Å². The molecule has 1 fully saturated rings. The molecule has 0 atom stereocenters. The van der Waals surface area contributed by atoms with Gasteiger partial charge in [-0.05, 0) is 24.1 Å². The number of aliphatic hydroxyl groups is 1. The smallest absolute Gasteiger partial charge is 0.243 e. The highest BCUT2D eigenvalue weighted by Crippen LogP contribution is 2.33. The van der Waals surface area contributed by atoms with Crippen molar-refractivity contribution in [2.24, 2.45) is 5.92 Å². The molecule has 1 heterocycles. The van der Waals surface area contributed by atoms with Gasteiger partial charge < -0.3 is 10.8 Å². The van der Waals surface area contributed by atoms with Crippen LogP contribution in [0.25, 0.3) is 0 Å². The molecule has 0 bridgehead atoms. The summed E-state index contributed by atoms with van der Waals surface area (Å²) in [6.45, 7) is 3.71. The second-order valence-corrected chi connectivity index (χ2v) is 7.15. The number of hydrogen-bond donors (Lipinski definition) is 2. The fourth-order valence-corrected chi connectivity index (χ4v) is 3.49. The van der Waals surface area contributed by atoms with E-state index in [9.17, 15) is 17.9 Å². The number of anilines is 1. The lowest BCUT2D eigenvalue weighted by molar-refractivity contribution is -0.0932. The summed E-state index contributed by atoms with van der Waals surface area (Å²) >= 11 is 0. The van der Waals surface area contributed by atoms with Crippen LogP contribution in [0, 0.1) is 11.7 Å². The van der Waals surface area contributed by atoms with Crippen molar-refractivity contribution in [2.75, 3.05) is 18.8 Å². The van der Waals surface area contributed by atoms with Crippen molar-refractivity contribution in [3.05, 3.63) is 24.0 Å². The summed E-state index contributed by atoms with van der Waals surface area (Å²) < 4.78 is 38.8. The molecule has 0 aliphatic carbocycles. The molecule has 1 aromatic carbocycles. The number of benzene rings is 1. The van der Waals surface area contributed by atoms with E-state index in [4.69, 9.17) is 5.73 Å². The van der Waals surface area contributed by atoms with Gasteiger partial charge in [-0.15, -0.1) is 0 Å². The summed E-state index contributed by atoms with van der Waals surface area (Å²) in [4.78, 5) is -0.148. The van der Waals surface area contributed by atoms with Gasteiger partial charge in [-0.1, -0.05) is 13.8 Å². The Morgan fingerprint density at radius 3 is 2.47 bits per heavy atom. The zero-order valence-electron chi connectivity index (χ0n) is 10.8. The first-order chi connectivity index (χ1) is 8.67. The standard InChI is InChI=1S/C12H17FN2O3S/c1-8(2)12(16)6-15(7-12)19(17,18)9-3-4-11(14)10(13)5-9/h3-5,8,16H,6-7,14H2,1-2H3. The molecule has 5 nitrogen and oxygen atoms in total. The number of halogens is 1. The van der Waals surface area contributed by atoms with Gasteiger partial charge in [-0.25, -0.2) is 12.8 Å². The molecule has 2 rings (SSSR count). The molecule has 1 aliphatic rings. The minimum Gasteiger partial charge on any atom is -0.396 e. The van der Waals surface area contributed by atoms with Crippen LogP contribution < -0.4 is 5.73 Å². The third-order valence-electron chi connectivity index (χ3n) is 3.58. The number of nitrogens with two attached hydrogens (primary N) is 1. The molecule has 0 spiro atoms. The third-order valence-corrected chi connectivity index (χ3v) is 5.37. The van der Waals surface area contributed by atoms with Crippen LogP contribution >= 0.6 is 0 Å². The summed E-state index contributed by atoms with van der Waals surface area (Å²) in [5.74, 6) is -0.803. The highest BCUT2D eigenvalue weighted by Gasteiger charge is 2.49. The lowest BCUT2D eigenvalue weighted by atomic mass is 9.85. The van der Waals surface area contributed by atoms with Crippen molar-refractivity contribution >= 4 is 15.7 Å². The molecule has 106 valence electrons. The van der Waals surface area contributed by atoms with Gasteiger partial charge >= 0.3 is 0 Å². The van der Waals surface area contributed by atoms with Gasteiger partial charge in [-0.3, -0.25) is 0 Å². The monoisotopic (exact) mass is 288 g/mol. The van der Waals surface area contributed by atoms with Crippen molar-refractivity contribution in [1.82, 2.24) is 4.31 Å². The largest absolute Gasteiger partial charge is 0.396 e. The van der Waals surface area contributed by atoms with Crippen LogP contribution in [-0.2, 0) is 10.0 Å². The zero-order chi connectivity index (χ0) is 14.4. The van der Waals surface area contributed by atoms with Gasteiger partial charge in [0.05, 0.1) is 16.2 Å². The average molecular weight is 288 g/mol. The first-order valence-electron chi connectivity index (χ1n) is 5.94. The van der Waals surface area contributed by atoms with Gasteiger partial charge in [0.25, 0.3) is 0 Å². The summed E-state index contributed by atoms with van der Waals surface area (Å²) in [6, 6.07) is 3.38. The Morgan fingerprint density at radius 1 is 1.42 bits per heavy atom. The number of hydrogen-bond acceptors (Lipinski definition) is 4. The first-order valence-corrected chi connectivity index (χ1v) is 7.38. The van der Waals surface area contributed by atoms with Gasteiger partial charge in [0, 0.05) is 13.1 Å². The molecule has 0 aromatic heterocycles. The fourth-order valence-electron chi connectivity index (χ4n) is 1.92. The van der Waals surface area contributed by atoms with Crippen LogP contribution in [0.15, 0.2) is 23.1 Å². The predicted molar refractivity (Wildman–Crippen MR) is 69.4 cm³/mol. The second kappa shape index (κ2) is 4.43. The number of β-amino-alcohol motifs (C(OH)–C–C–N with tert-alkyl or cyclic N) is 1. The molecular weight excluding hydrogens is 271 g/mol. The van der Waals surface area contributed by atoms with Crippen molar-refractivity contribution in [2.45, 2.75) is 24.3 Å². The van der Waals surface area contributed by atoms with E-state index in [2.05, 4.69) is 0 Å². The molecular formula is C12H17FN2O3S. The van der Waals surface area contributed by atoms with Crippen LogP contribution in [0.5, 0.6) is 0 Å². The SMILES string of the molecule is CC(C)C1(O)CN(S(=O)(=O)c2ccc(N)c(F)c2)C1. The van der Waals surface area contributed by atoms with E-state index < -0.39 is 21.4 Å². The molecule has 1 saturated heterocycles. The minimum atomic E-state index is -3.77. The number of nitrogen functional groups attached to an aromatic ring is 1. The molecule has 0 saturated carbocycles. The van der Waals surface area contributed by atoms with Crippen LogP contribution in [0.3, 0.4) is 0 Å². The lowest BCUT2D eigenvalue weighted by Gasteiger charge is -2.47. The second-order valence-electron chi connectivity index (χ2n) is 5.21. The maximum atomic E-state index is 13.3. The van der Waals surface area contributed by atoms with E-state index in [-0.39, 0.29) is 29.6 Å². The molecule has 1 aromatic rings. The molecule has 0 unspecified atom stereocenters. The fraction of sp³-hybridized carbons (Fsp3) is 0.500. The summed E-state index contributed by atoms with van der Waals surface area (Å²) in [7, 11) is -3.77. The lowest BCUT2D eigenvalue weighted by Crippen LogP contribution is -2.65. The highest BCUT2D eigenvalue weighted by atomic mass is 32.2. The average Bonchev–Trinajstić information content (AvgIpc) is 2.27. The normalized spacial score (nSPS) is 19.4. The van der Waals surface area contributed by atoms with Gasteiger partial charge in [0.2, 0.25) is 10.0 Å². The summed E-state index contributed by atoms with van der Waals surface area (Å²) in [5, 5.41) is 10.1. The van der Waals surface area contributed by atoms with Crippen LogP contribution in [0.4, 0.5) is 10.1 Å². The number of sulfonamides is 1. The molecule has 1 aliphatic heterocycles. The quantitative estimate of drug-likeness (QED) is 0.806. The van der Waals surface area contributed by atoms with Gasteiger partial charge in [-0.2, -0.15) is 4.31 Å². The third kappa shape index (κ3) is 2.33. The van der Waals surface area contributed by atoms with Crippen molar-refractivity contribution in [3.63, 3.8) is 0 Å². The Morgan fingerprint density at radius 2 is 2.00 bits per heavy atom. The zero-order valence-corrected chi connectivity index (χ0v) is 11.6. The van der Waals surface area contributed by atoms with E-state index >= 15 is 0 Å². The molecule has 0 radical (unpaired) electrons. The summed E-state index contributed by atoms with van der Waals surface area (Å²) in [5.41, 5.74) is 4.22. The van der Waals surface area contributed by atoms with E-state index in [0.29, 0.717) is 0 Å². The number of rotatable bonds is 3.